The van der Waals surface area contributed by atoms with Gasteiger partial charge in [-0.1, -0.05) is 0 Å². The SMILES string of the molecule is CCOC(=O)N1CCC(C2(C(=O)O)CC2(F)F)CC1. The molecule has 1 amide bonds. The molecule has 1 unspecified atom stereocenters. The van der Waals surface area contributed by atoms with Gasteiger partial charge in [0, 0.05) is 19.5 Å². The van der Waals surface area contributed by atoms with Crippen LogP contribution in [0.15, 0.2) is 0 Å². The van der Waals surface area contributed by atoms with Crippen LogP contribution in [0.25, 0.3) is 0 Å². The second-order valence-electron chi connectivity index (χ2n) is 5.12. The lowest BCUT2D eigenvalue weighted by atomic mass is 9.81. The molecule has 1 saturated carbocycles. The molecular formula is C12H17F2NO4. The van der Waals surface area contributed by atoms with E-state index in [1.165, 1.54) is 4.90 Å². The Morgan fingerprint density at radius 2 is 1.89 bits per heavy atom. The van der Waals surface area contributed by atoms with Gasteiger partial charge in [0.2, 0.25) is 0 Å². The molecule has 19 heavy (non-hydrogen) atoms. The number of halogens is 2. The number of likely N-dealkylation sites (tertiary alicyclic amines) is 1. The summed E-state index contributed by atoms with van der Waals surface area (Å²) in [6, 6.07) is 0. The van der Waals surface area contributed by atoms with E-state index in [2.05, 4.69) is 0 Å². The van der Waals surface area contributed by atoms with Crippen molar-refractivity contribution in [3.63, 3.8) is 0 Å². The van der Waals surface area contributed by atoms with Crippen LogP contribution in [0.3, 0.4) is 0 Å². The standard InChI is InChI=1S/C12H17F2NO4/c1-2-19-10(18)15-5-3-8(4-6-15)11(9(16)17)7-12(11,13)14/h8H,2-7H2,1H3,(H,16,17). The number of carboxylic acid groups (broad SMARTS) is 1. The zero-order valence-corrected chi connectivity index (χ0v) is 10.7. The third kappa shape index (κ3) is 2.15. The van der Waals surface area contributed by atoms with Crippen molar-refractivity contribution < 1.29 is 28.2 Å². The van der Waals surface area contributed by atoms with E-state index in [1.54, 1.807) is 6.92 Å². The fourth-order valence-electron chi connectivity index (χ4n) is 2.93. The topological polar surface area (TPSA) is 66.8 Å². The number of carbonyl (C=O) groups excluding carboxylic acids is 1. The quantitative estimate of drug-likeness (QED) is 0.856. The van der Waals surface area contributed by atoms with E-state index in [0.29, 0.717) is 0 Å². The van der Waals surface area contributed by atoms with Crippen molar-refractivity contribution in [3.05, 3.63) is 0 Å². The van der Waals surface area contributed by atoms with Crippen molar-refractivity contribution in [2.75, 3.05) is 19.7 Å². The Morgan fingerprint density at radius 3 is 2.26 bits per heavy atom. The van der Waals surface area contributed by atoms with Gasteiger partial charge in [-0.15, -0.1) is 0 Å². The van der Waals surface area contributed by atoms with Crippen molar-refractivity contribution >= 4 is 12.1 Å². The largest absolute Gasteiger partial charge is 0.481 e. The summed E-state index contributed by atoms with van der Waals surface area (Å²) in [4.78, 5) is 24.0. The van der Waals surface area contributed by atoms with E-state index < -0.39 is 35.7 Å². The van der Waals surface area contributed by atoms with E-state index in [-0.39, 0.29) is 32.5 Å². The molecule has 0 spiro atoms. The summed E-state index contributed by atoms with van der Waals surface area (Å²) in [6.45, 7) is 2.49. The first kappa shape index (κ1) is 14.0. The molecule has 0 aromatic rings. The van der Waals surface area contributed by atoms with Crippen LogP contribution in [0.4, 0.5) is 13.6 Å². The number of aliphatic carboxylic acids is 1. The summed E-state index contributed by atoms with van der Waals surface area (Å²) in [5.74, 6) is -5.12. The molecule has 2 aliphatic rings. The lowest BCUT2D eigenvalue weighted by molar-refractivity contribution is -0.152. The monoisotopic (exact) mass is 277 g/mol. The first-order valence-electron chi connectivity index (χ1n) is 6.38. The van der Waals surface area contributed by atoms with E-state index in [9.17, 15) is 18.4 Å². The number of rotatable bonds is 3. The summed E-state index contributed by atoms with van der Waals surface area (Å²) in [6.07, 6.45) is -0.492. The number of hydrogen-bond acceptors (Lipinski definition) is 3. The first-order valence-corrected chi connectivity index (χ1v) is 6.38. The number of carbonyl (C=O) groups is 2. The fourth-order valence-corrected chi connectivity index (χ4v) is 2.93. The molecular weight excluding hydrogens is 260 g/mol. The number of piperidine rings is 1. The predicted molar refractivity (Wildman–Crippen MR) is 61.0 cm³/mol. The lowest BCUT2D eigenvalue weighted by Gasteiger charge is -2.34. The summed E-state index contributed by atoms with van der Waals surface area (Å²) in [7, 11) is 0. The predicted octanol–water partition coefficient (Wildman–Crippen LogP) is 1.96. The van der Waals surface area contributed by atoms with Crippen LogP contribution < -0.4 is 0 Å². The van der Waals surface area contributed by atoms with Gasteiger partial charge >= 0.3 is 12.1 Å². The molecule has 1 saturated heterocycles. The summed E-state index contributed by atoms with van der Waals surface area (Å²) >= 11 is 0. The number of nitrogens with zero attached hydrogens (tertiary/aromatic N) is 1. The normalized spacial score (nSPS) is 29.9. The van der Waals surface area contributed by atoms with Crippen LogP contribution in [0.5, 0.6) is 0 Å². The minimum atomic E-state index is -3.12. The first-order chi connectivity index (χ1) is 8.85. The van der Waals surface area contributed by atoms with Crippen LogP contribution in [0, 0.1) is 11.3 Å². The van der Waals surface area contributed by atoms with Crippen LogP contribution in [0.2, 0.25) is 0 Å². The molecule has 2 rings (SSSR count). The maximum absolute atomic E-state index is 13.4. The van der Waals surface area contributed by atoms with E-state index in [1.807, 2.05) is 0 Å². The van der Waals surface area contributed by atoms with Crippen molar-refractivity contribution in [1.29, 1.82) is 0 Å². The summed E-state index contributed by atoms with van der Waals surface area (Å²) < 4.78 is 31.6. The second kappa shape index (κ2) is 4.61. The molecule has 0 radical (unpaired) electrons. The van der Waals surface area contributed by atoms with Crippen LogP contribution in [-0.2, 0) is 9.53 Å². The average molecular weight is 277 g/mol. The third-order valence-corrected chi connectivity index (χ3v) is 4.13. The molecule has 0 aromatic carbocycles. The molecule has 108 valence electrons. The van der Waals surface area contributed by atoms with Crippen molar-refractivity contribution in [2.45, 2.75) is 32.1 Å². The van der Waals surface area contributed by atoms with Crippen molar-refractivity contribution in [2.24, 2.45) is 11.3 Å². The van der Waals surface area contributed by atoms with Crippen molar-refractivity contribution in [3.8, 4) is 0 Å². The Bertz CT molecular complexity index is 393. The van der Waals surface area contributed by atoms with Gasteiger partial charge in [-0.05, 0) is 25.7 Å². The highest BCUT2D eigenvalue weighted by Crippen LogP contribution is 2.66. The number of carboxylic acids is 1. The Morgan fingerprint density at radius 1 is 1.37 bits per heavy atom. The van der Waals surface area contributed by atoms with E-state index >= 15 is 0 Å². The number of hydrogen-bond donors (Lipinski definition) is 1. The molecule has 7 heteroatoms. The molecule has 5 nitrogen and oxygen atoms in total. The highest BCUT2D eigenvalue weighted by molar-refractivity contribution is 5.81. The molecule has 1 heterocycles. The van der Waals surface area contributed by atoms with E-state index in [0.717, 1.165) is 0 Å². The molecule has 0 aromatic heterocycles. The van der Waals surface area contributed by atoms with Gasteiger partial charge < -0.3 is 14.7 Å². The minimum absolute atomic E-state index is 0.260. The Kier molecular flexibility index (Phi) is 3.40. The van der Waals surface area contributed by atoms with Gasteiger partial charge in [0.25, 0.3) is 5.92 Å². The molecule has 1 atom stereocenters. The summed E-state index contributed by atoms with van der Waals surface area (Å²) in [5.41, 5.74) is -1.91. The zero-order chi connectivity index (χ0) is 14.3. The molecule has 1 aliphatic carbocycles. The van der Waals surface area contributed by atoms with Gasteiger partial charge in [0.05, 0.1) is 6.61 Å². The van der Waals surface area contributed by atoms with Crippen molar-refractivity contribution in [1.82, 2.24) is 4.90 Å². The fraction of sp³-hybridized carbons (Fsp3) is 0.833. The highest BCUT2D eigenvalue weighted by Gasteiger charge is 2.79. The number of amides is 1. The maximum Gasteiger partial charge on any atom is 0.409 e. The van der Waals surface area contributed by atoms with Gasteiger partial charge in [-0.3, -0.25) is 4.79 Å². The molecule has 1 N–H and O–H groups in total. The third-order valence-electron chi connectivity index (χ3n) is 4.13. The van der Waals surface area contributed by atoms with Crippen LogP contribution in [0.1, 0.15) is 26.2 Å². The highest BCUT2D eigenvalue weighted by atomic mass is 19.3. The number of alkyl halides is 2. The Hall–Kier alpha value is -1.40. The minimum Gasteiger partial charge on any atom is -0.481 e. The summed E-state index contributed by atoms with van der Waals surface area (Å²) in [5, 5.41) is 9.07. The molecule has 0 bridgehead atoms. The lowest BCUT2D eigenvalue weighted by Crippen LogP contribution is -2.43. The Balaban J connectivity index is 1.97. The maximum atomic E-state index is 13.4. The van der Waals surface area contributed by atoms with Gasteiger partial charge in [0.1, 0.15) is 5.41 Å². The van der Waals surface area contributed by atoms with Gasteiger partial charge in [-0.2, -0.15) is 0 Å². The van der Waals surface area contributed by atoms with Crippen LogP contribution in [-0.4, -0.2) is 47.7 Å². The average Bonchev–Trinajstić information content (AvgIpc) is 2.94. The van der Waals surface area contributed by atoms with Gasteiger partial charge in [0.15, 0.2) is 0 Å². The second-order valence-corrected chi connectivity index (χ2v) is 5.12. The number of ether oxygens (including phenoxy) is 1. The Labute approximate surface area is 109 Å². The smallest absolute Gasteiger partial charge is 0.409 e. The molecule has 1 aliphatic heterocycles. The van der Waals surface area contributed by atoms with E-state index in [4.69, 9.17) is 9.84 Å². The molecule has 2 fully saturated rings. The zero-order valence-electron chi connectivity index (χ0n) is 10.7. The van der Waals surface area contributed by atoms with Crippen LogP contribution >= 0.6 is 0 Å². The van der Waals surface area contributed by atoms with Gasteiger partial charge in [-0.25, -0.2) is 13.6 Å².